The number of hydrogen-bond acceptors (Lipinski definition) is 6. The molecule has 0 spiro atoms. The van der Waals surface area contributed by atoms with Crippen LogP contribution < -0.4 is 15.8 Å². The third kappa shape index (κ3) is 3.90. The summed E-state index contributed by atoms with van der Waals surface area (Å²) in [6, 6.07) is 6.11. The van der Waals surface area contributed by atoms with Crippen molar-refractivity contribution in [2.75, 3.05) is 49.5 Å². The average Bonchev–Trinajstić information content (AvgIpc) is 2.69. The summed E-state index contributed by atoms with van der Waals surface area (Å²) in [7, 11) is 0. The van der Waals surface area contributed by atoms with Gasteiger partial charge in [0.15, 0.2) is 0 Å². The van der Waals surface area contributed by atoms with E-state index >= 15 is 0 Å². The van der Waals surface area contributed by atoms with Gasteiger partial charge in [0.2, 0.25) is 11.9 Å². The number of rotatable bonds is 4. The van der Waals surface area contributed by atoms with E-state index in [4.69, 9.17) is 5.11 Å². The molecule has 1 saturated heterocycles. The Morgan fingerprint density at radius 2 is 1.93 bits per heavy atom. The maximum atomic E-state index is 13.1. The second-order valence-corrected chi connectivity index (χ2v) is 7.87. The van der Waals surface area contributed by atoms with Crippen molar-refractivity contribution in [3.63, 3.8) is 0 Å². The number of aromatic nitrogens is 2. The van der Waals surface area contributed by atoms with E-state index < -0.39 is 0 Å². The van der Waals surface area contributed by atoms with Gasteiger partial charge >= 0.3 is 0 Å². The molecule has 1 aromatic heterocycles. The summed E-state index contributed by atoms with van der Waals surface area (Å²) >= 11 is 0. The van der Waals surface area contributed by atoms with Gasteiger partial charge in [-0.3, -0.25) is 19.5 Å². The highest BCUT2D eigenvalue weighted by atomic mass is 16.3. The summed E-state index contributed by atoms with van der Waals surface area (Å²) in [4.78, 5) is 37.2. The van der Waals surface area contributed by atoms with Crippen LogP contribution in [0.1, 0.15) is 34.6 Å². The molecule has 1 atom stereocenters. The second-order valence-electron chi connectivity index (χ2n) is 7.87. The number of carbonyl (C=O) groups is 1. The Kier molecular flexibility index (Phi) is 5.38. The van der Waals surface area contributed by atoms with Crippen molar-refractivity contribution < 1.29 is 9.90 Å². The highest BCUT2D eigenvalue weighted by Gasteiger charge is 2.32. The monoisotopic (exact) mass is 397 g/mol. The van der Waals surface area contributed by atoms with Crippen LogP contribution in [0, 0.1) is 13.8 Å². The van der Waals surface area contributed by atoms with Gasteiger partial charge in [0.05, 0.1) is 12.2 Å². The van der Waals surface area contributed by atoms with Gasteiger partial charge in [-0.15, -0.1) is 0 Å². The lowest BCUT2D eigenvalue weighted by Gasteiger charge is -2.35. The van der Waals surface area contributed by atoms with Crippen molar-refractivity contribution >= 4 is 17.7 Å². The molecule has 3 heterocycles. The van der Waals surface area contributed by atoms with Crippen molar-refractivity contribution in [3.8, 4) is 0 Å². The van der Waals surface area contributed by atoms with E-state index in [0.29, 0.717) is 37.0 Å². The normalized spacial score (nSPS) is 19.8. The molecule has 154 valence electrons. The number of β-amino-alcohol motifs (C(OH)–C–C–N with tert-alkyl or cyclic N) is 1. The minimum atomic E-state index is -0.301. The summed E-state index contributed by atoms with van der Waals surface area (Å²) in [5, 5.41) is 11.9. The Balaban J connectivity index is 1.68. The molecule has 2 aliphatic rings. The van der Waals surface area contributed by atoms with E-state index in [1.54, 1.807) is 0 Å². The number of amides is 1. The largest absolute Gasteiger partial charge is 0.395 e. The number of carbonyl (C=O) groups excluding carboxylic acids is 1. The van der Waals surface area contributed by atoms with Crippen molar-refractivity contribution in [2.24, 2.45) is 0 Å². The van der Waals surface area contributed by atoms with Crippen molar-refractivity contribution in [1.29, 1.82) is 0 Å². The molecule has 1 amide bonds. The summed E-state index contributed by atoms with van der Waals surface area (Å²) in [6.07, 6.45) is 0.237. The highest BCUT2D eigenvalue weighted by Crippen LogP contribution is 2.36. The first-order valence-electron chi connectivity index (χ1n) is 10.1. The van der Waals surface area contributed by atoms with Crippen molar-refractivity contribution in [1.82, 2.24) is 14.9 Å². The fourth-order valence-electron chi connectivity index (χ4n) is 4.23. The van der Waals surface area contributed by atoms with Crippen molar-refractivity contribution in [2.45, 2.75) is 26.2 Å². The maximum absolute atomic E-state index is 13.1. The molecule has 2 aliphatic heterocycles. The van der Waals surface area contributed by atoms with E-state index in [9.17, 15) is 9.59 Å². The smallest absolute Gasteiger partial charge is 0.258 e. The van der Waals surface area contributed by atoms with Gasteiger partial charge in [0, 0.05) is 45.1 Å². The lowest BCUT2D eigenvalue weighted by atomic mass is 9.84. The predicted molar refractivity (Wildman–Crippen MR) is 112 cm³/mol. The van der Waals surface area contributed by atoms with Crippen LogP contribution in [0.15, 0.2) is 23.0 Å². The number of H-pyrrole nitrogens is 1. The number of aliphatic hydroxyl groups is 1. The number of aryl methyl sites for hydroxylation is 2. The number of aliphatic hydroxyl groups excluding tert-OH is 1. The zero-order chi connectivity index (χ0) is 20.5. The summed E-state index contributed by atoms with van der Waals surface area (Å²) < 4.78 is 0. The van der Waals surface area contributed by atoms with Crippen LogP contribution in [0.5, 0.6) is 0 Å². The molecule has 1 aromatic carbocycles. The molecule has 4 rings (SSSR count). The van der Waals surface area contributed by atoms with Gasteiger partial charge in [0.1, 0.15) is 5.82 Å². The predicted octanol–water partition coefficient (Wildman–Crippen LogP) is 0.975. The van der Waals surface area contributed by atoms with Crippen LogP contribution in [-0.2, 0) is 4.79 Å². The fraction of sp³-hybridized carbons (Fsp3) is 0.476. The van der Waals surface area contributed by atoms with Crippen LogP contribution in [0.3, 0.4) is 0 Å². The Morgan fingerprint density at radius 3 is 2.66 bits per heavy atom. The Bertz CT molecular complexity index is 979. The van der Waals surface area contributed by atoms with Crippen LogP contribution >= 0.6 is 0 Å². The molecule has 0 aliphatic carbocycles. The van der Waals surface area contributed by atoms with E-state index in [2.05, 4.69) is 26.3 Å². The molecule has 8 nitrogen and oxygen atoms in total. The number of nitrogens with zero attached hydrogens (tertiary/aromatic N) is 3. The van der Waals surface area contributed by atoms with Gasteiger partial charge in [-0.25, -0.2) is 0 Å². The summed E-state index contributed by atoms with van der Waals surface area (Å²) in [5.74, 6) is 0.425. The third-order valence-corrected chi connectivity index (χ3v) is 5.84. The quantitative estimate of drug-likeness (QED) is 0.711. The Hall–Kier alpha value is -2.71. The topological polar surface area (TPSA) is 102 Å². The summed E-state index contributed by atoms with van der Waals surface area (Å²) in [6.45, 7) is 7.79. The lowest BCUT2D eigenvalue weighted by molar-refractivity contribution is -0.116. The van der Waals surface area contributed by atoms with Gasteiger partial charge in [-0.1, -0.05) is 23.8 Å². The first-order chi connectivity index (χ1) is 14.0. The number of hydrogen-bond donors (Lipinski definition) is 3. The first-order valence-corrected chi connectivity index (χ1v) is 10.1. The van der Waals surface area contributed by atoms with Gasteiger partial charge < -0.3 is 15.3 Å². The van der Waals surface area contributed by atoms with E-state index in [-0.39, 0.29) is 30.4 Å². The first kappa shape index (κ1) is 19.6. The number of fused-ring (bicyclic) bond motifs is 1. The second kappa shape index (κ2) is 7.96. The molecule has 3 N–H and O–H groups in total. The minimum absolute atomic E-state index is 0.125. The van der Waals surface area contributed by atoms with E-state index in [1.807, 2.05) is 30.9 Å². The van der Waals surface area contributed by atoms with E-state index in [1.165, 1.54) is 0 Å². The van der Waals surface area contributed by atoms with E-state index in [0.717, 1.165) is 29.8 Å². The molecule has 0 unspecified atom stereocenters. The average molecular weight is 397 g/mol. The zero-order valence-corrected chi connectivity index (χ0v) is 16.9. The lowest BCUT2D eigenvalue weighted by Crippen LogP contribution is -2.48. The van der Waals surface area contributed by atoms with Gasteiger partial charge in [0.25, 0.3) is 5.56 Å². The third-order valence-electron chi connectivity index (χ3n) is 5.84. The van der Waals surface area contributed by atoms with Crippen LogP contribution in [-0.4, -0.2) is 65.2 Å². The minimum Gasteiger partial charge on any atom is -0.395 e. The van der Waals surface area contributed by atoms with Crippen LogP contribution in [0.25, 0.3) is 0 Å². The Morgan fingerprint density at radius 1 is 1.17 bits per heavy atom. The maximum Gasteiger partial charge on any atom is 0.258 e. The molecular weight excluding hydrogens is 370 g/mol. The molecule has 1 fully saturated rings. The standard InChI is InChI=1S/C21H27N5O3/c1-13-3-4-14(2)15(11-13)16-12-17(28)22-19-18(16)20(29)24-21(23-19)26-7-5-25(6-8-26)9-10-27/h3-4,11,16,27H,5-10,12H2,1-2H3,(H2,22,23,24,28,29)/t16-/m0/s1. The molecule has 0 saturated carbocycles. The fourth-order valence-corrected chi connectivity index (χ4v) is 4.23. The summed E-state index contributed by atoms with van der Waals surface area (Å²) in [5.41, 5.74) is 3.48. The zero-order valence-electron chi connectivity index (χ0n) is 16.9. The highest BCUT2D eigenvalue weighted by molar-refractivity contribution is 5.94. The number of anilines is 2. The number of piperazine rings is 1. The van der Waals surface area contributed by atoms with Crippen molar-refractivity contribution in [3.05, 3.63) is 50.8 Å². The number of aromatic amines is 1. The van der Waals surface area contributed by atoms with Gasteiger partial charge in [-0.2, -0.15) is 4.98 Å². The molecule has 2 aromatic rings. The molecule has 8 heteroatoms. The molecule has 29 heavy (non-hydrogen) atoms. The Labute approximate surface area is 169 Å². The molecule has 0 bridgehead atoms. The molecule has 0 radical (unpaired) electrons. The van der Waals surface area contributed by atoms with Crippen LogP contribution in [0.2, 0.25) is 0 Å². The number of nitrogens with one attached hydrogen (secondary N) is 2. The number of benzene rings is 1. The van der Waals surface area contributed by atoms with Gasteiger partial charge in [-0.05, 0) is 25.0 Å². The van der Waals surface area contributed by atoms with Crippen LogP contribution in [0.4, 0.5) is 11.8 Å². The SMILES string of the molecule is Cc1ccc(C)c([C@@H]2CC(=O)Nc3nc(N4CCN(CCO)CC4)[nH]c(=O)c32)c1. The molecular formula is C21H27N5O3.